The first kappa shape index (κ1) is 13.3. The lowest BCUT2D eigenvalue weighted by Crippen LogP contribution is -2.57. The number of hydrogen-bond donors (Lipinski definition) is 1. The fraction of sp³-hybridized carbons (Fsp3) is 1.00. The number of rotatable bonds is 4. The van der Waals surface area contributed by atoms with Crippen molar-refractivity contribution in [2.24, 2.45) is 5.92 Å². The van der Waals surface area contributed by atoms with E-state index in [0.717, 1.165) is 25.7 Å². The summed E-state index contributed by atoms with van der Waals surface area (Å²) in [6.07, 6.45) is 5.44. The van der Waals surface area contributed by atoms with Crippen LogP contribution in [0.2, 0.25) is 0 Å². The first-order chi connectivity index (χ1) is 8.05. The zero-order valence-electron chi connectivity index (χ0n) is 10.4. The summed E-state index contributed by atoms with van der Waals surface area (Å²) in [6, 6.07) is 0.168. The Morgan fingerprint density at radius 3 is 2.35 bits per heavy atom. The molecule has 1 heterocycles. The van der Waals surface area contributed by atoms with Gasteiger partial charge in [0, 0.05) is 38.7 Å². The summed E-state index contributed by atoms with van der Waals surface area (Å²) in [6.45, 7) is 1.02. The van der Waals surface area contributed by atoms with Crippen LogP contribution in [0.25, 0.3) is 0 Å². The summed E-state index contributed by atoms with van der Waals surface area (Å²) in [5.74, 6) is 0.129. The SMILES string of the molecule is CN(C1CCCCC1)S(=O)(=O)N1CC(CO)C1. The normalized spacial score (nSPS) is 25.1. The third-order valence-corrected chi connectivity index (χ3v) is 5.94. The summed E-state index contributed by atoms with van der Waals surface area (Å²) in [5.41, 5.74) is 0. The molecule has 100 valence electrons. The Bertz CT molecular complexity index is 346. The predicted molar refractivity (Wildman–Crippen MR) is 65.7 cm³/mol. The highest BCUT2D eigenvalue weighted by Gasteiger charge is 2.39. The molecule has 5 nitrogen and oxygen atoms in total. The maximum Gasteiger partial charge on any atom is 0.281 e. The average Bonchev–Trinajstić information content (AvgIpc) is 2.27. The lowest BCUT2D eigenvalue weighted by atomic mass is 9.96. The van der Waals surface area contributed by atoms with Gasteiger partial charge in [-0.1, -0.05) is 19.3 Å². The quantitative estimate of drug-likeness (QED) is 0.799. The summed E-state index contributed by atoms with van der Waals surface area (Å²) >= 11 is 0. The zero-order valence-corrected chi connectivity index (χ0v) is 11.2. The van der Waals surface area contributed by atoms with Crippen LogP contribution in [0.4, 0.5) is 0 Å². The smallest absolute Gasteiger partial charge is 0.281 e. The van der Waals surface area contributed by atoms with Crippen molar-refractivity contribution >= 4 is 10.2 Å². The predicted octanol–water partition coefficient (Wildman–Crippen LogP) is 0.420. The molecule has 6 heteroatoms. The van der Waals surface area contributed by atoms with Gasteiger partial charge in [-0.3, -0.25) is 0 Å². The van der Waals surface area contributed by atoms with Gasteiger partial charge in [-0.2, -0.15) is 17.0 Å². The minimum absolute atomic E-state index is 0.0825. The second-order valence-corrected chi connectivity index (χ2v) is 7.17. The average molecular weight is 262 g/mol. The molecule has 17 heavy (non-hydrogen) atoms. The van der Waals surface area contributed by atoms with E-state index in [1.807, 2.05) is 0 Å². The molecular weight excluding hydrogens is 240 g/mol. The molecular formula is C11H22N2O3S. The second kappa shape index (κ2) is 5.22. The van der Waals surface area contributed by atoms with E-state index in [9.17, 15) is 8.42 Å². The van der Waals surface area contributed by atoms with Crippen LogP contribution in [0.3, 0.4) is 0 Å². The van der Waals surface area contributed by atoms with Crippen LogP contribution in [0.5, 0.6) is 0 Å². The molecule has 1 aliphatic carbocycles. The third kappa shape index (κ3) is 2.65. The van der Waals surface area contributed by atoms with Gasteiger partial charge in [-0.05, 0) is 12.8 Å². The maximum atomic E-state index is 12.2. The van der Waals surface area contributed by atoms with Gasteiger partial charge in [-0.15, -0.1) is 0 Å². The van der Waals surface area contributed by atoms with Crippen LogP contribution in [0.15, 0.2) is 0 Å². The highest BCUT2D eigenvalue weighted by molar-refractivity contribution is 7.86. The van der Waals surface area contributed by atoms with Gasteiger partial charge in [0.15, 0.2) is 0 Å². The molecule has 0 atom stereocenters. The Labute approximate surface area is 104 Å². The standard InChI is InChI=1S/C11H22N2O3S/c1-12(11-5-3-2-4-6-11)17(15,16)13-7-10(8-13)9-14/h10-11,14H,2-9H2,1H3. The molecule has 0 aromatic rings. The second-order valence-electron chi connectivity index (χ2n) is 5.18. The molecule has 0 aromatic carbocycles. The Hall–Kier alpha value is -0.170. The third-order valence-electron chi connectivity index (χ3n) is 3.96. The van der Waals surface area contributed by atoms with Crippen LogP contribution in [0.1, 0.15) is 32.1 Å². The lowest BCUT2D eigenvalue weighted by Gasteiger charge is -2.41. The van der Waals surface area contributed by atoms with E-state index >= 15 is 0 Å². The largest absolute Gasteiger partial charge is 0.396 e. The molecule has 2 rings (SSSR count). The molecule has 2 fully saturated rings. The van der Waals surface area contributed by atoms with Gasteiger partial charge in [0.1, 0.15) is 0 Å². The highest BCUT2D eigenvalue weighted by Crippen LogP contribution is 2.27. The van der Waals surface area contributed by atoms with E-state index in [-0.39, 0.29) is 18.6 Å². The minimum Gasteiger partial charge on any atom is -0.396 e. The van der Waals surface area contributed by atoms with Crippen molar-refractivity contribution in [1.29, 1.82) is 0 Å². The number of aliphatic hydroxyl groups excluding tert-OH is 1. The summed E-state index contributed by atoms with van der Waals surface area (Å²) in [7, 11) is -1.60. The van der Waals surface area contributed by atoms with Gasteiger partial charge < -0.3 is 5.11 Å². The number of nitrogens with zero attached hydrogens (tertiary/aromatic N) is 2. The first-order valence-corrected chi connectivity index (χ1v) is 7.79. The van der Waals surface area contributed by atoms with E-state index in [2.05, 4.69) is 0 Å². The summed E-state index contributed by atoms with van der Waals surface area (Å²) in [4.78, 5) is 0. The number of hydrogen-bond acceptors (Lipinski definition) is 3. The number of aliphatic hydroxyl groups is 1. The van der Waals surface area contributed by atoms with Crippen molar-refractivity contribution in [2.45, 2.75) is 38.1 Å². The monoisotopic (exact) mass is 262 g/mol. The summed E-state index contributed by atoms with van der Waals surface area (Å²) in [5, 5.41) is 8.92. The lowest BCUT2D eigenvalue weighted by molar-refractivity contribution is 0.109. The minimum atomic E-state index is -3.29. The van der Waals surface area contributed by atoms with Crippen LogP contribution < -0.4 is 0 Å². The van der Waals surface area contributed by atoms with Crippen molar-refractivity contribution in [1.82, 2.24) is 8.61 Å². The Morgan fingerprint density at radius 2 is 1.82 bits per heavy atom. The van der Waals surface area contributed by atoms with E-state index in [1.165, 1.54) is 10.7 Å². The fourth-order valence-electron chi connectivity index (χ4n) is 2.64. The molecule has 0 radical (unpaired) electrons. The molecule has 1 N–H and O–H groups in total. The first-order valence-electron chi connectivity index (χ1n) is 6.39. The molecule has 0 unspecified atom stereocenters. The molecule has 0 bridgehead atoms. The van der Waals surface area contributed by atoms with E-state index in [1.54, 1.807) is 11.4 Å². The van der Waals surface area contributed by atoms with Crippen LogP contribution in [0, 0.1) is 5.92 Å². The van der Waals surface area contributed by atoms with Crippen LogP contribution in [-0.2, 0) is 10.2 Å². The Kier molecular flexibility index (Phi) is 4.07. The molecule has 1 saturated carbocycles. The molecule has 0 spiro atoms. The Morgan fingerprint density at radius 1 is 1.24 bits per heavy atom. The maximum absolute atomic E-state index is 12.2. The van der Waals surface area contributed by atoms with Crippen molar-refractivity contribution in [3.05, 3.63) is 0 Å². The molecule has 1 saturated heterocycles. The van der Waals surface area contributed by atoms with Gasteiger partial charge in [-0.25, -0.2) is 0 Å². The van der Waals surface area contributed by atoms with Crippen molar-refractivity contribution in [3.8, 4) is 0 Å². The van der Waals surface area contributed by atoms with Crippen LogP contribution >= 0.6 is 0 Å². The van der Waals surface area contributed by atoms with Crippen molar-refractivity contribution in [3.63, 3.8) is 0 Å². The molecule has 2 aliphatic rings. The van der Waals surface area contributed by atoms with E-state index < -0.39 is 10.2 Å². The van der Waals surface area contributed by atoms with Gasteiger partial charge in [0.2, 0.25) is 0 Å². The summed E-state index contributed by atoms with van der Waals surface area (Å²) < 4.78 is 27.5. The molecule has 1 aliphatic heterocycles. The van der Waals surface area contributed by atoms with E-state index in [4.69, 9.17) is 5.11 Å². The van der Waals surface area contributed by atoms with Gasteiger partial charge in [0.25, 0.3) is 10.2 Å². The van der Waals surface area contributed by atoms with Gasteiger partial charge >= 0.3 is 0 Å². The molecule has 0 aromatic heterocycles. The Balaban J connectivity index is 1.95. The van der Waals surface area contributed by atoms with Crippen LogP contribution in [-0.4, -0.2) is 54.9 Å². The molecule has 0 amide bonds. The van der Waals surface area contributed by atoms with Crippen molar-refractivity contribution in [2.75, 3.05) is 26.7 Å². The zero-order chi connectivity index (χ0) is 12.5. The topological polar surface area (TPSA) is 60.9 Å². The van der Waals surface area contributed by atoms with E-state index in [0.29, 0.717) is 13.1 Å². The van der Waals surface area contributed by atoms with Gasteiger partial charge in [0.05, 0.1) is 0 Å². The highest BCUT2D eigenvalue weighted by atomic mass is 32.2. The van der Waals surface area contributed by atoms with Crippen molar-refractivity contribution < 1.29 is 13.5 Å². The fourth-order valence-corrected chi connectivity index (χ4v) is 4.39.